The minimum Gasteiger partial charge on any atom is -0.480 e. The van der Waals surface area contributed by atoms with E-state index in [9.17, 15) is 39.0 Å². The number of esters is 4. The van der Waals surface area contributed by atoms with Gasteiger partial charge >= 0.3 is 35.8 Å². The number of unbranched alkanes of at least 4 members (excludes halogenated alkanes) is 6. The second-order valence-corrected chi connectivity index (χ2v) is 16.2. The summed E-state index contributed by atoms with van der Waals surface area (Å²) in [4.78, 5) is 76.3. The van der Waals surface area contributed by atoms with Crippen molar-refractivity contribution >= 4 is 59.3 Å². The van der Waals surface area contributed by atoms with Crippen molar-refractivity contribution in [1.82, 2.24) is 0 Å². The highest BCUT2D eigenvalue weighted by atomic mass is 16.5. The lowest BCUT2D eigenvalue weighted by molar-refractivity contribution is -0.172. The molecule has 0 saturated heterocycles. The summed E-state index contributed by atoms with van der Waals surface area (Å²) in [6.07, 6.45) is 10.4. The van der Waals surface area contributed by atoms with E-state index in [1.165, 1.54) is 12.2 Å². The van der Waals surface area contributed by atoms with Crippen LogP contribution in [0.5, 0.6) is 0 Å². The molecule has 0 unspecified atom stereocenters. The number of nitrogen functional groups attached to an aromatic ring is 2. The molecule has 0 bridgehead atoms. The van der Waals surface area contributed by atoms with Crippen molar-refractivity contribution in [3.8, 4) is 0 Å². The molecule has 0 heterocycles. The summed E-state index contributed by atoms with van der Waals surface area (Å²) in [5.74, 6) is -4.83. The van der Waals surface area contributed by atoms with Crippen LogP contribution in [0.25, 0.3) is 12.2 Å². The topological polar surface area (TPSA) is 232 Å². The first-order valence-electron chi connectivity index (χ1n) is 22.7. The Labute approximate surface area is 391 Å². The van der Waals surface area contributed by atoms with E-state index in [4.69, 9.17) is 30.4 Å². The van der Waals surface area contributed by atoms with Crippen LogP contribution in [0.4, 0.5) is 11.4 Å². The third-order valence-electron chi connectivity index (χ3n) is 11.6. The van der Waals surface area contributed by atoms with Gasteiger partial charge < -0.3 is 40.6 Å². The number of carboxylic acid groups (broad SMARTS) is 2. The maximum absolute atomic E-state index is 13.8. The number of nitrogens with two attached hydrogens (primary N) is 2. The molecule has 4 rings (SSSR count). The Hall–Kier alpha value is -7.22. The minimum absolute atomic E-state index is 0.148. The quantitative estimate of drug-likeness (QED) is 0.0104. The molecular formula is C53H62N2O12. The summed E-state index contributed by atoms with van der Waals surface area (Å²) < 4.78 is 20.8. The first-order chi connectivity index (χ1) is 32.2. The molecule has 14 nitrogen and oxygen atoms in total. The molecule has 0 saturated carbocycles. The van der Waals surface area contributed by atoms with Crippen LogP contribution in [-0.2, 0) is 50.0 Å². The fourth-order valence-electron chi connectivity index (χ4n) is 8.08. The zero-order chi connectivity index (χ0) is 48.7. The van der Waals surface area contributed by atoms with Gasteiger partial charge in [0, 0.05) is 35.4 Å². The molecule has 14 heteroatoms. The summed E-state index contributed by atoms with van der Waals surface area (Å²) >= 11 is 0. The Balaban J connectivity index is 1.44. The van der Waals surface area contributed by atoms with Crippen molar-refractivity contribution < 1.29 is 57.9 Å². The molecule has 4 aromatic rings. The number of ether oxygens (including phenoxy) is 4. The van der Waals surface area contributed by atoms with Crippen LogP contribution in [-0.4, -0.2) is 72.5 Å². The van der Waals surface area contributed by atoms with Gasteiger partial charge in [-0.3, -0.25) is 9.59 Å². The van der Waals surface area contributed by atoms with Gasteiger partial charge in [0.25, 0.3) is 0 Å². The van der Waals surface area contributed by atoms with E-state index >= 15 is 0 Å². The molecule has 0 atom stereocenters. The number of hydrogen-bond acceptors (Lipinski definition) is 12. The minimum atomic E-state index is -2.31. The molecule has 0 aliphatic heterocycles. The maximum Gasteiger partial charge on any atom is 0.338 e. The van der Waals surface area contributed by atoms with Gasteiger partial charge in [0.15, 0.2) is 5.41 Å². The average Bonchev–Trinajstić information content (AvgIpc) is 3.31. The number of carbonyl (C=O) groups is 6. The molecule has 0 spiro atoms. The van der Waals surface area contributed by atoms with Crippen molar-refractivity contribution in [2.24, 2.45) is 5.41 Å². The molecule has 0 aromatic heterocycles. The molecule has 356 valence electrons. The smallest absolute Gasteiger partial charge is 0.338 e. The van der Waals surface area contributed by atoms with Crippen LogP contribution < -0.4 is 11.5 Å². The summed E-state index contributed by atoms with van der Waals surface area (Å²) in [5.41, 5.74) is 12.4. The Bertz CT molecular complexity index is 2190. The van der Waals surface area contributed by atoms with Crippen LogP contribution in [0, 0.1) is 5.41 Å². The SMILES string of the molecule is CCOC(=O)C=Cc1ccc(C(=O)OCCCCCCC(CCCCCCOC(=O)c2ccc(C=CC(=O)OCC)cc2)(c2ccc(N)cc2)C(Cc2ccc(N)cc2)(C(=O)O)C(=O)O)cc1. The summed E-state index contributed by atoms with van der Waals surface area (Å²) in [7, 11) is 0. The normalized spacial score (nSPS) is 12.3. The molecule has 6 N–H and O–H groups in total. The zero-order valence-electron chi connectivity index (χ0n) is 38.3. The number of rotatable bonds is 28. The Morgan fingerprint density at radius 2 is 0.896 bits per heavy atom. The van der Waals surface area contributed by atoms with Crippen molar-refractivity contribution in [3.05, 3.63) is 143 Å². The highest BCUT2D eigenvalue weighted by molar-refractivity contribution is 6.01. The van der Waals surface area contributed by atoms with Gasteiger partial charge in [0.05, 0.1) is 37.6 Å². The lowest BCUT2D eigenvalue weighted by Gasteiger charge is -2.47. The van der Waals surface area contributed by atoms with Gasteiger partial charge in [-0.1, -0.05) is 87.1 Å². The number of carbonyl (C=O) groups excluding carboxylic acids is 4. The molecule has 0 amide bonds. The standard InChI is InChI=1S/C53H62N2O12/c1-3-64-46(56)31-19-38-13-21-41(22-14-38)48(58)66-35-11-7-5-9-33-52(43-25-29-45(55)30-26-43,53(50(60)61,51(62)63)37-40-17-27-44(54)28-18-40)34-10-6-8-12-36-67-49(59)42-23-15-39(16-24-42)20-32-47(57)65-4-2/h13-32H,3-12,33-37,54-55H2,1-2H3,(H,60,61)(H,62,63). The van der Waals surface area contributed by atoms with Crippen LogP contribution >= 0.6 is 0 Å². The fourth-order valence-corrected chi connectivity index (χ4v) is 8.08. The fraction of sp³-hybridized carbons (Fsp3) is 0.358. The van der Waals surface area contributed by atoms with Crippen LogP contribution in [0.2, 0.25) is 0 Å². The number of carboxylic acids is 2. The highest BCUT2D eigenvalue weighted by Gasteiger charge is 2.62. The molecule has 0 radical (unpaired) electrons. The van der Waals surface area contributed by atoms with E-state index in [1.807, 2.05) is 0 Å². The van der Waals surface area contributed by atoms with Crippen molar-refractivity contribution in [3.63, 3.8) is 0 Å². The predicted molar refractivity (Wildman–Crippen MR) is 256 cm³/mol. The second-order valence-electron chi connectivity index (χ2n) is 16.2. The van der Waals surface area contributed by atoms with E-state index in [-0.39, 0.29) is 45.7 Å². The van der Waals surface area contributed by atoms with Gasteiger partial charge in [0.2, 0.25) is 0 Å². The summed E-state index contributed by atoms with van der Waals surface area (Å²) in [6, 6.07) is 26.5. The Morgan fingerprint density at radius 1 is 0.507 bits per heavy atom. The number of anilines is 2. The van der Waals surface area contributed by atoms with E-state index in [0.29, 0.717) is 96.1 Å². The van der Waals surface area contributed by atoms with Gasteiger partial charge in [-0.2, -0.15) is 0 Å². The van der Waals surface area contributed by atoms with Crippen molar-refractivity contribution in [1.29, 1.82) is 0 Å². The lowest BCUT2D eigenvalue weighted by atomic mass is 9.53. The van der Waals surface area contributed by atoms with E-state index in [1.54, 1.807) is 123 Å². The number of benzene rings is 4. The largest absolute Gasteiger partial charge is 0.480 e. The van der Waals surface area contributed by atoms with Crippen LogP contribution in [0.1, 0.15) is 121 Å². The van der Waals surface area contributed by atoms with E-state index < -0.39 is 46.6 Å². The Morgan fingerprint density at radius 3 is 1.28 bits per heavy atom. The molecule has 0 fully saturated rings. The Kier molecular flexibility index (Phi) is 20.9. The third-order valence-corrected chi connectivity index (χ3v) is 11.6. The van der Waals surface area contributed by atoms with Crippen molar-refractivity contribution in [2.45, 2.75) is 89.9 Å². The third kappa shape index (κ3) is 15.4. The van der Waals surface area contributed by atoms with E-state index in [0.717, 1.165) is 0 Å². The predicted octanol–water partition coefficient (Wildman–Crippen LogP) is 9.25. The number of aliphatic carboxylic acids is 2. The van der Waals surface area contributed by atoms with Gasteiger partial charge in [-0.15, -0.1) is 0 Å². The van der Waals surface area contributed by atoms with Gasteiger partial charge in [-0.05, 0) is 122 Å². The zero-order valence-corrected chi connectivity index (χ0v) is 38.3. The molecule has 0 aliphatic carbocycles. The molecule has 4 aromatic carbocycles. The molecule has 67 heavy (non-hydrogen) atoms. The highest BCUT2D eigenvalue weighted by Crippen LogP contribution is 2.52. The van der Waals surface area contributed by atoms with Gasteiger partial charge in [0.1, 0.15) is 0 Å². The molecular weight excluding hydrogens is 857 g/mol. The molecule has 0 aliphatic rings. The second kappa shape index (κ2) is 26.7. The maximum atomic E-state index is 13.8. The number of hydrogen-bond donors (Lipinski definition) is 4. The van der Waals surface area contributed by atoms with Crippen molar-refractivity contribution in [2.75, 3.05) is 37.9 Å². The first-order valence-corrected chi connectivity index (χ1v) is 22.7. The van der Waals surface area contributed by atoms with Crippen LogP contribution in [0.15, 0.2) is 109 Å². The van der Waals surface area contributed by atoms with Crippen LogP contribution in [0.3, 0.4) is 0 Å². The van der Waals surface area contributed by atoms with Gasteiger partial charge in [-0.25, -0.2) is 19.2 Å². The summed E-state index contributed by atoms with van der Waals surface area (Å²) in [5, 5.41) is 22.4. The monoisotopic (exact) mass is 918 g/mol. The summed E-state index contributed by atoms with van der Waals surface area (Å²) in [6.45, 7) is 4.27. The first kappa shape index (κ1) is 52.4. The lowest BCUT2D eigenvalue weighted by Crippen LogP contribution is -2.57. The average molecular weight is 919 g/mol. The van der Waals surface area contributed by atoms with E-state index in [2.05, 4.69) is 0 Å².